The number of hydrogen-bond donors (Lipinski definition) is 3. The monoisotopic (exact) mass is 929 g/mol. The van der Waals surface area contributed by atoms with Crippen LogP contribution in [0.15, 0.2) is 97.2 Å². The minimum absolute atomic E-state index is 0.0548. The number of amides is 1. The number of quaternary nitrogens is 1. The Bertz CT molecular complexity index is 1390. The molecule has 4 unspecified atom stereocenters. The van der Waals surface area contributed by atoms with Crippen LogP contribution in [-0.2, 0) is 18.4 Å². The molecule has 65 heavy (non-hydrogen) atoms. The van der Waals surface area contributed by atoms with E-state index in [4.69, 9.17) is 9.05 Å². The molecule has 374 valence electrons. The number of hydrogen-bond acceptors (Lipinski definition) is 7. The Morgan fingerprint density at radius 3 is 1.49 bits per heavy atom. The van der Waals surface area contributed by atoms with Crippen molar-refractivity contribution in [1.29, 1.82) is 0 Å². The summed E-state index contributed by atoms with van der Waals surface area (Å²) in [5, 5.41) is 24.6. The maximum atomic E-state index is 12.9. The van der Waals surface area contributed by atoms with Crippen LogP contribution in [0.2, 0.25) is 0 Å². The molecular formula is C55H97N2O7P. The van der Waals surface area contributed by atoms with Gasteiger partial charge in [-0.1, -0.05) is 175 Å². The minimum Gasteiger partial charge on any atom is -0.756 e. The average Bonchev–Trinajstić information content (AvgIpc) is 3.26. The van der Waals surface area contributed by atoms with Crippen molar-refractivity contribution < 1.29 is 38.0 Å². The van der Waals surface area contributed by atoms with Gasteiger partial charge in [0.25, 0.3) is 7.82 Å². The lowest BCUT2D eigenvalue weighted by Gasteiger charge is -2.31. The summed E-state index contributed by atoms with van der Waals surface area (Å²) in [5.41, 5.74) is 0. The highest BCUT2D eigenvalue weighted by Crippen LogP contribution is 2.38. The van der Waals surface area contributed by atoms with Crippen molar-refractivity contribution in [2.45, 2.75) is 205 Å². The summed E-state index contributed by atoms with van der Waals surface area (Å²) in [4.78, 5) is 25.5. The fourth-order valence-electron chi connectivity index (χ4n) is 6.91. The van der Waals surface area contributed by atoms with Gasteiger partial charge in [0.1, 0.15) is 19.3 Å². The van der Waals surface area contributed by atoms with E-state index in [9.17, 15) is 24.5 Å². The Labute approximate surface area is 399 Å². The summed E-state index contributed by atoms with van der Waals surface area (Å²) in [7, 11) is 1.08. The molecule has 0 heterocycles. The topological polar surface area (TPSA) is 128 Å². The lowest BCUT2D eigenvalue weighted by atomic mass is 10.0. The standard InChI is InChI=1S/C55H97N2O7P/c1-6-8-10-12-14-16-18-20-21-22-23-24-25-26-27-28-29-30-31-32-33-34-35-36-38-40-42-44-46-48-54(59)56-52(51-64-65(61,62)63-50-49-57(3,4)5)55(60)53(58)47-45-43-41-39-37-19-17-15-13-11-9-7-2/h7-10,14-17,20-21,23-24,26-27,39,41,52-53,55,58,60H,6,11-13,18-19,22,25,28-38,40,42-51H2,1-5H3,(H-,56,59,61,62)/b9-7+,10-8-,16-14-,17-15+,21-20-,24-23-,27-26-,41-39+. The van der Waals surface area contributed by atoms with Crippen LogP contribution in [0.25, 0.3) is 0 Å². The molecule has 0 rings (SSSR count). The number of allylic oxidation sites excluding steroid dienone is 16. The van der Waals surface area contributed by atoms with Crippen LogP contribution in [0, 0.1) is 0 Å². The van der Waals surface area contributed by atoms with Gasteiger partial charge in [-0.2, -0.15) is 0 Å². The fraction of sp³-hybridized carbons (Fsp3) is 0.691. The average molecular weight is 929 g/mol. The van der Waals surface area contributed by atoms with Gasteiger partial charge in [-0.3, -0.25) is 9.36 Å². The highest BCUT2D eigenvalue weighted by Gasteiger charge is 2.29. The van der Waals surface area contributed by atoms with E-state index in [0.717, 1.165) is 83.5 Å². The van der Waals surface area contributed by atoms with Gasteiger partial charge >= 0.3 is 0 Å². The number of rotatable bonds is 45. The molecule has 0 saturated heterocycles. The number of carbonyl (C=O) groups is 1. The predicted octanol–water partition coefficient (Wildman–Crippen LogP) is 13.4. The maximum Gasteiger partial charge on any atom is 0.268 e. The summed E-state index contributed by atoms with van der Waals surface area (Å²) >= 11 is 0. The van der Waals surface area contributed by atoms with Crippen LogP contribution < -0.4 is 10.2 Å². The Morgan fingerprint density at radius 1 is 0.585 bits per heavy atom. The van der Waals surface area contributed by atoms with Crippen LogP contribution in [0.1, 0.15) is 187 Å². The second kappa shape index (κ2) is 45.2. The van der Waals surface area contributed by atoms with Crippen LogP contribution in [0.4, 0.5) is 0 Å². The lowest BCUT2D eigenvalue weighted by Crippen LogP contribution is -2.51. The third-order valence-electron chi connectivity index (χ3n) is 10.9. The van der Waals surface area contributed by atoms with Gasteiger partial charge in [-0.05, 0) is 103 Å². The summed E-state index contributed by atoms with van der Waals surface area (Å²) in [6, 6.07) is -1.11. The number of unbranched alkanes of at least 4 members (excludes halogenated alkanes) is 16. The molecule has 0 bridgehead atoms. The normalized spacial score (nSPS) is 15.4. The number of aliphatic hydroxyl groups excluding tert-OH is 2. The first kappa shape index (κ1) is 62.4. The Kier molecular flexibility index (Phi) is 43.4. The zero-order valence-corrected chi connectivity index (χ0v) is 42.9. The van der Waals surface area contributed by atoms with Gasteiger partial charge in [0, 0.05) is 6.42 Å². The molecule has 1 amide bonds. The number of aliphatic hydroxyl groups is 2. The van der Waals surface area contributed by atoms with Crippen molar-refractivity contribution in [3.05, 3.63) is 97.2 Å². The molecule has 0 radical (unpaired) electrons. The van der Waals surface area contributed by atoms with Crippen molar-refractivity contribution in [3.8, 4) is 0 Å². The number of carbonyl (C=O) groups excluding carboxylic acids is 1. The van der Waals surface area contributed by atoms with E-state index in [0.29, 0.717) is 30.3 Å². The maximum absolute atomic E-state index is 12.9. The number of nitrogens with zero attached hydrogens (tertiary/aromatic N) is 1. The highest BCUT2D eigenvalue weighted by atomic mass is 31.2. The quantitative estimate of drug-likeness (QED) is 0.0240. The number of likely N-dealkylation sites (N-methyl/N-ethyl adjacent to an activating group) is 1. The number of phosphoric acid groups is 1. The SMILES string of the molecule is C/C=C/CC/C=C/CC/C=C/CCCC(O)C(O)C(COP(=O)([O-])OCC[N+](C)(C)C)NC(=O)CCCCCCCCCCCCCCC/C=C\C/C=C\C/C=C\C/C=C\C/C=C\CC. The first-order valence-electron chi connectivity index (χ1n) is 25.6. The minimum atomic E-state index is -4.69. The summed E-state index contributed by atoms with van der Waals surface area (Å²) in [6.45, 7) is 4.06. The molecule has 4 atom stereocenters. The molecule has 0 fully saturated rings. The van der Waals surface area contributed by atoms with Crippen LogP contribution >= 0.6 is 7.82 Å². The molecule has 0 aromatic heterocycles. The molecule has 0 saturated carbocycles. The van der Waals surface area contributed by atoms with Gasteiger partial charge in [-0.15, -0.1) is 0 Å². The van der Waals surface area contributed by atoms with Crippen LogP contribution in [0.5, 0.6) is 0 Å². The van der Waals surface area contributed by atoms with Gasteiger partial charge in [0.05, 0.1) is 39.9 Å². The molecule has 3 N–H and O–H groups in total. The van der Waals surface area contributed by atoms with Gasteiger partial charge in [0.2, 0.25) is 5.91 Å². The second-order valence-electron chi connectivity index (χ2n) is 18.3. The fourth-order valence-corrected chi connectivity index (χ4v) is 7.63. The van der Waals surface area contributed by atoms with E-state index < -0.39 is 32.7 Å². The first-order valence-corrected chi connectivity index (χ1v) is 27.1. The van der Waals surface area contributed by atoms with Crippen LogP contribution in [-0.4, -0.2) is 79.8 Å². The van der Waals surface area contributed by atoms with E-state index in [1.54, 1.807) is 0 Å². The summed E-state index contributed by atoms with van der Waals surface area (Å²) in [6.07, 6.45) is 60.5. The molecule has 0 aromatic carbocycles. The van der Waals surface area contributed by atoms with E-state index in [1.165, 1.54) is 64.2 Å². The summed E-state index contributed by atoms with van der Waals surface area (Å²) < 4.78 is 23.2. The Morgan fingerprint density at radius 2 is 1.00 bits per heavy atom. The third-order valence-corrected chi connectivity index (χ3v) is 11.9. The van der Waals surface area contributed by atoms with E-state index in [2.05, 4.69) is 109 Å². The number of phosphoric ester groups is 1. The zero-order valence-electron chi connectivity index (χ0n) is 42.0. The predicted molar refractivity (Wildman–Crippen MR) is 275 cm³/mol. The highest BCUT2D eigenvalue weighted by molar-refractivity contribution is 7.45. The molecule has 10 heteroatoms. The zero-order chi connectivity index (χ0) is 48.0. The Balaban J connectivity index is 4.27. The molecule has 0 aromatic rings. The molecule has 0 aliphatic carbocycles. The molecule has 9 nitrogen and oxygen atoms in total. The molecule has 0 aliphatic rings. The molecular weight excluding hydrogens is 832 g/mol. The third kappa shape index (κ3) is 46.3. The second-order valence-corrected chi connectivity index (χ2v) is 19.7. The largest absolute Gasteiger partial charge is 0.756 e. The number of nitrogens with one attached hydrogen (secondary N) is 1. The van der Waals surface area contributed by atoms with E-state index >= 15 is 0 Å². The molecule has 0 aliphatic heterocycles. The van der Waals surface area contributed by atoms with Gasteiger partial charge < -0.3 is 34.0 Å². The first-order chi connectivity index (χ1) is 31.4. The van der Waals surface area contributed by atoms with E-state index in [1.807, 2.05) is 28.1 Å². The lowest BCUT2D eigenvalue weighted by molar-refractivity contribution is -0.870. The van der Waals surface area contributed by atoms with Crippen molar-refractivity contribution in [1.82, 2.24) is 5.32 Å². The summed E-state index contributed by atoms with van der Waals surface area (Å²) in [5.74, 6) is -0.301. The van der Waals surface area contributed by atoms with Gasteiger partial charge in [0.15, 0.2) is 0 Å². The van der Waals surface area contributed by atoms with E-state index in [-0.39, 0.29) is 18.9 Å². The van der Waals surface area contributed by atoms with Crippen molar-refractivity contribution in [3.63, 3.8) is 0 Å². The Hall–Kier alpha value is -2.62. The van der Waals surface area contributed by atoms with Crippen molar-refractivity contribution in [2.24, 2.45) is 0 Å². The van der Waals surface area contributed by atoms with Crippen molar-refractivity contribution in [2.75, 3.05) is 40.9 Å². The van der Waals surface area contributed by atoms with Gasteiger partial charge in [-0.25, -0.2) is 0 Å². The smallest absolute Gasteiger partial charge is 0.268 e. The van der Waals surface area contributed by atoms with Crippen molar-refractivity contribution >= 4 is 13.7 Å². The van der Waals surface area contributed by atoms with Crippen LogP contribution in [0.3, 0.4) is 0 Å². The molecule has 0 spiro atoms.